The molecule has 198 valence electrons. The second kappa shape index (κ2) is 9.31. The number of carboxylic acids is 2. The molecule has 0 saturated heterocycles. The molecule has 2 N–H and O–H groups in total. The van der Waals surface area contributed by atoms with Gasteiger partial charge in [-0.05, 0) is 115 Å². The van der Waals surface area contributed by atoms with E-state index < -0.39 is 11.9 Å². The maximum Gasteiger partial charge on any atom is 0.336 e. The predicted octanol–water partition coefficient (Wildman–Crippen LogP) is 7.38. The third kappa shape index (κ3) is 4.38. The zero-order valence-electron chi connectivity index (χ0n) is 22.2. The summed E-state index contributed by atoms with van der Waals surface area (Å²) in [6, 6.07) is 20.2. The van der Waals surface area contributed by atoms with Crippen molar-refractivity contribution in [3.63, 3.8) is 0 Å². The summed E-state index contributed by atoms with van der Waals surface area (Å²) >= 11 is 0. The van der Waals surface area contributed by atoms with Gasteiger partial charge in [-0.15, -0.1) is 0 Å². The minimum Gasteiger partial charge on any atom is -0.478 e. The van der Waals surface area contributed by atoms with Gasteiger partial charge in [-0.2, -0.15) is 0 Å². The number of carbonyl (C=O) groups is 2. The number of hydrogen-bond donors (Lipinski definition) is 2. The van der Waals surface area contributed by atoms with E-state index >= 15 is 0 Å². The van der Waals surface area contributed by atoms with E-state index in [-0.39, 0.29) is 16.5 Å². The number of rotatable bonds is 5. The molecule has 4 saturated carbocycles. The van der Waals surface area contributed by atoms with E-state index in [1.54, 1.807) is 0 Å². The van der Waals surface area contributed by atoms with Crippen LogP contribution >= 0.6 is 0 Å². The zero-order valence-corrected chi connectivity index (χ0v) is 22.2. The summed E-state index contributed by atoms with van der Waals surface area (Å²) in [5, 5.41) is 18.5. The third-order valence-corrected chi connectivity index (χ3v) is 9.76. The van der Waals surface area contributed by atoms with Crippen molar-refractivity contribution in [3.8, 4) is 23.3 Å². The number of benzene rings is 3. The van der Waals surface area contributed by atoms with Gasteiger partial charge in [0.15, 0.2) is 0 Å². The molecule has 4 fully saturated rings. The topological polar surface area (TPSA) is 83.8 Å². The quantitative estimate of drug-likeness (QED) is 0.343. The Morgan fingerprint density at radius 3 is 1.87 bits per heavy atom. The lowest BCUT2D eigenvalue weighted by Gasteiger charge is -2.66. The van der Waals surface area contributed by atoms with Gasteiger partial charge in [0.25, 0.3) is 0 Å². The molecule has 5 heteroatoms. The average Bonchev–Trinajstić information content (AvgIpc) is 2.91. The smallest absolute Gasteiger partial charge is 0.336 e. The lowest BCUT2D eigenvalue weighted by Crippen LogP contribution is -2.59. The minimum atomic E-state index is -1.30. The van der Waals surface area contributed by atoms with Gasteiger partial charge in [-0.1, -0.05) is 37.8 Å². The number of carboxylic acid groups (broad SMARTS) is 2. The van der Waals surface area contributed by atoms with Crippen molar-refractivity contribution in [1.82, 2.24) is 0 Å². The lowest BCUT2D eigenvalue weighted by molar-refractivity contribution is -0.113. The van der Waals surface area contributed by atoms with Gasteiger partial charge in [0.05, 0.1) is 11.1 Å². The van der Waals surface area contributed by atoms with E-state index in [2.05, 4.69) is 50.0 Å². The fourth-order valence-corrected chi connectivity index (χ4v) is 7.80. The normalized spacial score (nSPS) is 25.9. The summed E-state index contributed by atoms with van der Waals surface area (Å²) in [5.74, 6) is 7.45. The van der Waals surface area contributed by atoms with E-state index in [4.69, 9.17) is 4.74 Å². The second-order valence-corrected chi connectivity index (χ2v) is 12.1. The Morgan fingerprint density at radius 1 is 0.744 bits per heavy atom. The number of aromatic carboxylic acids is 2. The molecule has 3 aromatic rings. The second-order valence-electron chi connectivity index (χ2n) is 12.1. The molecular formula is C34H32O5. The summed E-state index contributed by atoms with van der Waals surface area (Å²) in [7, 11) is 0. The van der Waals surface area contributed by atoms with Crippen LogP contribution in [0.3, 0.4) is 0 Å². The van der Waals surface area contributed by atoms with Crippen LogP contribution in [0.25, 0.3) is 0 Å². The molecule has 0 aliphatic heterocycles. The highest BCUT2D eigenvalue weighted by Gasteiger charge is 2.61. The summed E-state index contributed by atoms with van der Waals surface area (Å²) in [5.41, 5.74) is 2.69. The monoisotopic (exact) mass is 520 g/mol. The molecule has 2 unspecified atom stereocenters. The molecule has 0 heterocycles. The molecular weight excluding hydrogens is 488 g/mol. The Morgan fingerprint density at radius 2 is 1.28 bits per heavy atom. The van der Waals surface area contributed by atoms with Crippen LogP contribution in [0.5, 0.6) is 11.5 Å². The molecule has 5 nitrogen and oxygen atoms in total. The first kappa shape index (κ1) is 25.2. The van der Waals surface area contributed by atoms with Crippen LogP contribution in [0.4, 0.5) is 0 Å². The predicted molar refractivity (Wildman–Crippen MR) is 148 cm³/mol. The van der Waals surface area contributed by atoms with Gasteiger partial charge >= 0.3 is 11.9 Å². The Kier molecular flexibility index (Phi) is 6.03. The summed E-state index contributed by atoms with van der Waals surface area (Å²) in [6.45, 7) is 5.00. The molecule has 0 spiro atoms. The van der Waals surface area contributed by atoms with Gasteiger partial charge in [0, 0.05) is 16.5 Å². The number of ether oxygens (including phenoxy) is 1. The van der Waals surface area contributed by atoms with Crippen LogP contribution in [0.2, 0.25) is 0 Å². The SMILES string of the molecule is CC1(C)C2CC3CC(C2)CC1(c1ccc(Oc2ccc(C#Cc4ccc(C(=O)O)c(C(=O)O)c4)cc2)cc1)C3. The first-order chi connectivity index (χ1) is 18.6. The van der Waals surface area contributed by atoms with Crippen LogP contribution in [-0.4, -0.2) is 22.2 Å². The molecule has 4 bridgehead atoms. The maximum atomic E-state index is 11.4. The molecule has 4 aliphatic carbocycles. The van der Waals surface area contributed by atoms with E-state index in [9.17, 15) is 19.8 Å². The summed E-state index contributed by atoms with van der Waals surface area (Å²) in [4.78, 5) is 22.6. The fraction of sp³-hybridized carbons (Fsp3) is 0.353. The molecule has 0 amide bonds. The van der Waals surface area contributed by atoms with Crippen molar-refractivity contribution < 1.29 is 24.5 Å². The molecule has 4 aliphatic rings. The van der Waals surface area contributed by atoms with Crippen LogP contribution in [0.1, 0.15) is 83.4 Å². The Balaban J connectivity index is 1.15. The highest BCUT2D eigenvalue weighted by atomic mass is 16.5. The first-order valence-electron chi connectivity index (χ1n) is 13.7. The summed E-state index contributed by atoms with van der Waals surface area (Å²) < 4.78 is 6.13. The first-order valence-corrected chi connectivity index (χ1v) is 13.7. The third-order valence-electron chi connectivity index (χ3n) is 9.76. The van der Waals surface area contributed by atoms with Crippen molar-refractivity contribution >= 4 is 11.9 Å². The Labute approximate surface area is 228 Å². The van der Waals surface area contributed by atoms with Crippen molar-refractivity contribution in [3.05, 3.63) is 94.5 Å². The average molecular weight is 521 g/mol. The number of hydrogen-bond acceptors (Lipinski definition) is 3. The zero-order chi connectivity index (χ0) is 27.4. The Hall–Kier alpha value is -4.04. The van der Waals surface area contributed by atoms with Crippen molar-refractivity contribution in [2.75, 3.05) is 0 Å². The van der Waals surface area contributed by atoms with Crippen LogP contribution in [-0.2, 0) is 5.41 Å². The Bertz CT molecular complexity index is 1490. The van der Waals surface area contributed by atoms with Gasteiger partial charge in [-0.3, -0.25) is 0 Å². The maximum absolute atomic E-state index is 11.4. The van der Waals surface area contributed by atoms with Gasteiger partial charge in [0.2, 0.25) is 0 Å². The molecule has 7 rings (SSSR count). The van der Waals surface area contributed by atoms with E-state index in [1.807, 2.05) is 24.3 Å². The van der Waals surface area contributed by atoms with Crippen molar-refractivity contribution in [2.24, 2.45) is 23.2 Å². The largest absolute Gasteiger partial charge is 0.478 e. The molecule has 39 heavy (non-hydrogen) atoms. The van der Waals surface area contributed by atoms with Crippen LogP contribution in [0.15, 0.2) is 66.7 Å². The van der Waals surface area contributed by atoms with Crippen molar-refractivity contribution in [2.45, 2.75) is 51.4 Å². The lowest BCUT2D eigenvalue weighted by atomic mass is 9.38. The minimum absolute atomic E-state index is 0.260. The molecule has 0 aromatic heterocycles. The van der Waals surface area contributed by atoms with Crippen LogP contribution < -0.4 is 4.74 Å². The van der Waals surface area contributed by atoms with Gasteiger partial charge < -0.3 is 14.9 Å². The van der Waals surface area contributed by atoms with Gasteiger partial charge in [-0.25, -0.2) is 9.59 Å². The van der Waals surface area contributed by atoms with Crippen LogP contribution in [0, 0.1) is 35.0 Å². The fourth-order valence-electron chi connectivity index (χ4n) is 7.80. The van der Waals surface area contributed by atoms with E-state index in [1.165, 1.54) is 55.9 Å². The highest BCUT2D eigenvalue weighted by molar-refractivity contribution is 6.02. The molecule has 3 aromatic carbocycles. The van der Waals surface area contributed by atoms with E-state index in [0.29, 0.717) is 16.7 Å². The van der Waals surface area contributed by atoms with Gasteiger partial charge in [0.1, 0.15) is 11.5 Å². The molecule has 2 atom stereocenters. The highest BCUT2D eigenvalue weighted by Crippen LogP contribution is 2.68. The summed E-state index contributed by atoms with van der Waals surface area (Å²) in [6.07, 6.45) is 6.88. The van der Waals surface area contributed by atoms with Crippen molar-refractivity contribution in [1.29, 1.82) is 0 Å². The molecule has 0 radical (unpaired) electrons. The standard InChI is InChI=1S/C34H32O5/c1-33(2)26-16-23-15-24(17-26)20-34(33,19-23)25-8-12-28(13-9-25)39-27-10-5-21(6-11-27)3-4-22-7-14-29(31(35)36)30(18-22)32(37)38/h5-14,18,23-24,26H,15-17,19-20H2,1-2H3,(H,35,36)(H,37,38). The van der Waals surface area contributed by atoms with E-state index in [0.717, 1.165) is 29.1 Å².